The molecular weight excluding hydrogens is 724 g/mol. The summed E-state index contributed by atoms with van der Waals surface area (Å²) in [6, 6.07) is 19.9. The fourth-order valence-electron chi connectivity index (χ4n) is 10.2. The minimum atomic E-state index is -1.09. The molecule has 1 saturated carbocycles. The number of carbonyl (C=O) groups is 1. The zero-order valence-electron chi connectivity index (χ0n) is 32.9. The Kier molecular flexibility index (Phi) is 11.2. The average molecular weight is 779 g/mol. The Morgan fingerprint density at radius 3 is 2.70 bits per heavy atom. The molecule has 0 bridgehead atoms. The van der Waals surface area contributed by atoms with Gasteiger partial charge in [-0.25, -0.2) is 4.79 Å². The summed E-state index contributed by atoms with van der Waals surface area (Å²) in [5.74, 6) is 2.80. The van der Waals surface area contributed by atoms with Crippen molar-refractivity contribution in [2.24, 2.45) is 11.8 Å². The Bertz CT molecular complexity index is 2020. The zero-order valence-corrected chi connectivity index (χ0v) is 33.7. The van der Waals surface area contributed by atoms with Crippen LogP contribution in [0.2, 0.25) is 5.02 Å². The van der Waals surface area contributed by atoms with Crippen LogP contribution in [0.25, 0.3) is 0 Å². The van der Waals surface area contributed by atoms with E-state index in [-0.39, 0.29) is 17.4 Å². The number of anilines is 1. The van der Waals surface area contributed by atoms with Gasteiger partial charge in [-0.2, -0.15) is 0 Å². The number of halogens is 1. The van der Waals surface area contributed by atoms with Crippen LogP contribution in [0.15, 0.2) is 73.1 Å². The summed E-state index contributed by atoms with van der Waals surface area (Å²) in [4.78, 5) is 24.6. The summed E-state index contributed by atoms with van der Waals surface area (Å²) in [5.41, 5.74) is 5.50. The summed E-state index contributed by atoms with van der Waals surface area (Å²) in [6.07, 6.45) is 12.2. The Balaban J connectivity index is 1.05. The van der Waals surface area contributed by atoms with Crippen LogP contribution in [-0.2, 0) is 29.6 Å². The molecule has 4 aromatic rings. The van der Waals surface area contributed by atoms with E-state index >= 15 is 0 Å². The van der Waals surface area contributed by atoms with E-state index in [2.05, 4.69) is 54.3 Å². The molecule has 2 aromatic carbocycles. The first-order valence-electron chi connectivity index (χ1n) is 20.5. The van der Waals surface area contributed by atoms with Gasteiger partial charge in [0.05, 0.1) is 18.9 Å². The Hall–Kier alpha value is -4.34. The van der Waals surface area contributed by atoms with E-state index < -0.39 is 11.5 Å². The minimum absolute atomic E-state index is 0.0390. The van der Waals surface area contributed by atoms with E-state index in [0.29, 0.717) is 42.9 Å². The van der Waals surface area contributed by atoms with Gasteiger partial charge in [0.25, 0.3) is 0 Å². The third-order valence-corrected chi connectivity index (χ3v) is 13.3. The summed E-state index contributed by atoms with van der Waals surface area (Å²) in [6.45, 7) is 7.28. The summed E-state index contributed by atoms with van der Waals surface area (Å²) >= 11 is 6.33. The van der Waals surface area contributed by atoms with Crippen LogP contribution in [0.4, 0.5) is 5.69 Å². The molecule has 56 heavy (non-hydrogen) atoms. The molecule has 0 amide bonds. The highest BCUT2D eigenvalue weighted by Crippen LogP contribution is 2.58. The van der Waals surface area contributed by atoms with Crippen LogP contribution < -0.4 is 19.5 Å². The first-order valence-corrected chi connectivity index (χ1v) is 20.9. The van der Waals surface area contributed by atoms with Crippen molar-refractivity contribution >= 4 is 23.3 Å². The monoisotopic (exact) mass is 778 g/mol. The van der Waals surface area contributed by atoms with E-state index in [1.807, 2.05) is 54.9 Å². The average Bonchev–Trinajstić information content (AvgIpc) is 3.30. The predicted octanol–water partition coefficient (Wildman–Crippen LogP) is 9.26. The first kappa shape index (κ1) is 38.5. The van der Waals surface area contributed by atoms with Crippen LogP contribution in [0, 0.1) is 11.8 Å². The van der Waals surface area contributed by atoms with Crippen molar-refractivity contribution in [1.29, 1.82) is 0 Å². The third-order valence-electron chi connectivity index (χ3n) is 13.0. The molecule has 0 radical (unpaired) electrons. The maximum atomic E-state index is 13.1. The molecule has 0 unspecified atom stereocenters. The Morgan fingerprint density at radius 1 is 1.05 bits per heavy atom. The van der Waals surface area contributed by atoms with Crippen LogP contribution >= 0.6 is 11.6 Å². The number of aryl methyl sites for hydroxylation is 1. The topological polar surface area (TPSA) is 106 Å². The second-order valence-electron chi connectivity index (χ2n) is 17.0. The molecular formula is C46H55ClN4O5. The molecule has 1 fully saturated rings. The SMILES string of the molecule is C[C@@H](COc1ccnc2c1[C@H](C)CCC2)C[C@H]1Cc2cc3c(cc2C12CCC(Nc1cccc(Cl)c1)(C(=O)O)CC2)O[C@H](CN(C)Cc1ccccn1)CCO3. The number of aromatic nitrogens is 2. The molecule has 2 aromatic heterocycles. The summed E-state index contributed by atoms with van der Waals surface area (Å²) < 4.78 is 19.8. The van der Waals surface area contributed by atoms with E-state index in [1.165, 1.54) is 28.8 Å². The molecule has 8 rings (SSSR count). The largest absolute Gasteiger partial charge is 0.493 e. The van der Waals surface area contributed by atoms with Gasteiger partial charge in [0.15, 0.2) is 11.5 Å². The Morgan fingerprint density at radius 2 is 1.91 bits per heavy atom. The van der Waals surface area contributed by atoms with Crippen LogP contribution in [0.3, 0.4) is 0 Å². The van der Waals surface area contributed by atoms with Gasteiger partial charge in [0, 0.05) is 53.9 Å². The maximum Gasteiger partial charge on any atom is 0.329 e. The van der Waals surface area contributed by atoms with Crippen molar-refractivity contribution in [2.75, 3.05) is 32.1 Å². The molecule has 3 aliphatic carbocycles. The molecule has 9 nitrogen and oxygen atoms in total. The number of fused-ring (bicyclic) bond motifs is 4. The minimum Gasteiger partial charge on any atom is -0.493 e. The number of rotatable bonds is 12. The van der Waals surface area contributed by atoms with Gasteiger partial charge in [-0.1, -0.05) is 37.6 Å². The van der Waals surface area contributed by atoms with Crippen molar-refractivity contribution in [1.82, 2.24) is 14.9 Å². The second kappa shape index (κ2) is 16.3. The lowest BCUT2D eigenvalue weighted by atomic mass is 9.59. The van der Waals surface area contributed by atoms with Crippen LogP contribution in [0.1, 0.15) is 99.2 Å². The molecule has 2 N–H and O–H groups in total. The van der Waals surface area contributed by atoms with Crippen molar-refractivity contribution < 1.29 is 24.1 Å². The van der Waals surface area contributed by atoms with E-state index in [0.717, 1.165) is 86.7 Å². The van der Waals surface area contributed by atoms with Gasteiger partial charge in [-0.05, 0) is 148 Å². The number of nitrogens with one attached hydrogen (secondary N) is 1. The number of nitrogens with zero attached hydrogens (tertiary/aromatic N) is 3. The van der Waals surface area contributed by atoms with Crippen molar-refractivity contribution in [3.8, 4) is 17.2 Å². The number of benzene rings is 2. The molecule has 4 atom stereocenters. The first-order chi connectivity index (χ1) is 27.1. The molecule has 10 heteroatoms. The number of pyridine rings is 2. The predicted molar refractivity (Wildman–Crippen MR) is 219 cm³/mol. The van der Waals surface area contributed by atoms with E-state index in [9.17, 15) is 9.90 Å². The van der Waals surface area contributed by atoms with Gasteiger partial charge >= 0.3 is 5.97 Å². The highest BCUT2D eigenvalue weighted by molar-refractivity contribution is 6.30. The van der Waals surface area contributed by atoms with Crippen LogP contribution in [-0.4, -0.2) is 64.4 Å². The van der Waals surface area contributed by atoms with Gasteiger partial charge in [-0.3, -0.25) is 14.9 Å². The van der Waals surface area contributed by atoms with Gasteiger partial charge in [0.1, 0.15) is 17.4 Å². The lowest BCUT2D eigenvalue weighted by Gasteiger charge is -2.47. The van der Waals surface area contributed by atoms with Crippen molar-refractivity contribution in [2.45, 2.75) is 108 Å². The number of ether oxygens (including phenoxy) is 3. The smallest absolute Gasteiger partial charge is 0.329 e. The molecule has 3 heterocycles. The number of likely N-dealkylation sites (N-methyl/N-ethyl adjacent to an activating group) is 1. The highest BCUT2D eigenvalue weighted by Gasteiger charge is 2.54. The lowest BCUT2D eigenvalue weighted by molar-refractivity contribution is -0.144. The van der Waals surface area contributed by atoms with Crippen molar-refractivity contribution in [3.05, 3.63) is 106 Å². The molecule has 4 aliphatic rings. The third kappa shape index (κ3) is 7.94. The number of hydrogen-bond donors (Lipinski definition) is 2. The fraction of sp³-hybridized carbons (Fsp3) is 0.500. The highest BCUT2D eigenvalue weighted by atomic mass is 35.5. The summed E-state index contributed by atoms with van der Waals surface area (Å²) in [5, 5.41) is 14.8. The second-order valence-corrected chi connectivity index (χ2v) is 17.5. The number of carboxylic acid groups (broad SMARTS) is 1. The van der Waals surface area contributed by atoms with Crippen molar-refractivity contribution in [3.63, 3.8) is 0 Å². The molecule has 296 valence electrons. The number of carboxylic acids is 1. The molecule has 1 spiro atoms. The van der Waals surface area contributed by atoms with Crippen LogP contribution in [0.5, 0.6) is 17.2 Å². The lowest BCUT2D eigenvalue weighted by Crippen LogP contribution is -2.53. The number of hydrogen-bond acceptors (Lipinski definition) is 8. The zero-order chi connectivity index (χ0) is 38.9. The van der Waals surface area contributed by atoms with Gasteiger partial charge in [0.2, 0.25) is 0 Å². The number of aliphatic carboxylic acids is 1. The maximum absolute atomic E-state index is 13.1. The van der Waals surface area contributed by atoms with Gasteiger partial charge in [-0.15, -0.1) is 0 Å². The van der Waals surface area contributed by atoms with E-state index in [4.69, 9.17) is 30.8 Å². The van der Waals surface area contributed by atoms with Gasteiger partial charge < -0.3 is 24.6 Å². The Labute approximate surface area is 336 Å². The van der Waals surface area contributed by atoms with E-state index in [1.54, 1.807) is 0 Å². The molecule has 0 saturated heterocycles. The quantitative estimate of drug-likeness (QED) is 0.146. The fourth-order valence-corrected chi connectivity index (χ4v) is 10.4. The summed E-state index contributed by atoms with van der Waals surface area (Å²) in [7, 11) is 2.11. The standard InChI is InChI=1S/C46H55ClN4O5/c1-30(29-55-40-13-20-49-39-12-6-8-31(2)43(39)40)22-33-23-32-24-41-42(56-37(14-21-54-41)28-51(3)27-36-10-4-5-19-48-36)26-38(32)45(33)15-17-46(18-16-45,44(52)53)50-35-11-7-9-34(47)25-35/h4-5,7,9-11,13,19-20,24-26,30-31,33,37,50H,6,8,12,14-18,21-23,27-29H2,1-3H3,(H,52,53)/t30-,31-,33+,37+,45?,46?/m1/s1. The molecule has 1 aliphatic heterocycles. The normalized spacial score (nSPS) is 25.9.